The quantitative estimate of drug-likeness (QED) is 0.669. The molecule has 3 aromatic rings. The second-order valence-electron chi connectivity index (χ2n) is 5.56. The molecule has 2 N–H and O–H groups in total. The molecule has 0 atom stereocenters. The molecule has 3 rings (SSSR count). The zero-order chi connectivity index (χ0) is 19.4. The smallest absolute Gasteiger partial charge is 0.418 e. The van der Waals surface area contributed by atoms with Crippen LogP contribution in [0.5, 0.6) is 0 Å². The van der Waals surface area contributed by atoms with Crippen LogP contribution in [0.25, 0.3) is 0 Å². The van der Waals surface area contributed by atoms with Crippen LogP contribution in [-0.4, -0.2) is 10.5 Å². The number of para-hydroxylation sites is 1. The van der Waals surface area contributed by atoms with Crippen molar-refractivity contribution >= 4 is 11.6 Å². The van der Waals surface area contributed by atoms with Crippen LogP contribution in [-0.2, 0) is 12.7 Å². The number of amides is 1. The first-order valence-corrected chi connectivity index (χ1v) is 7.81. The molecule has 0 unspecified atom stereocenters. The van der Waals surface area contributed by atoms with Gasteiger partial charge in [-0.2, -0.15) is 13.2 Å². The lowest BCUT2D eigenvalue weighted by Gasteiger charge is -2.14. The lowest BCUT2D eigenvalue weighted by Crippen LogP contribution is -2.30. The van der Waals surface area contributed by atoms with Crippen LogP contribution in [0.3, 0.4) is 0 Å². The van der Waals surface area contributed by atoms with E-state index in [1.165, 1.54) is 41.0 Å². The van der Waals surface area contributed by atoms with E-state index in [1.54, 1.807) is 18.3 Å². The number of hydrazine groups is 1. The Bertz CT molecular complexity index is 1010. The Morgan fingerprint density at radius 1 is 1.04 bits per heavy atom. The van der Waals surface area contributed by atoms with Crippen molar-refractivity contribution in [2.45, 2.75) is 12.7 Å². The Hall–Kier alpha value is -3.49. The number of rotatable bonds is 5. The van der Waals surface area contributed by atoms with Gasteiger partial charge < -0.3 is 8.98 Å². The average Bonchev–Trinajstić information content (AvgIpc) is 3.10. The summed E-state index contributed by atoms with van der Waals surface area (Å²) in [6, 6.07) is 12.3. The molecule has 27 heavy (non-hydrogen) atoms. The first kappa shape index (κ1) is 18.3. The van der Waals surface area contributed by atoms with Gasteiger partial charge in [0, 0.05) is 12.3 Å². The van der Waals surface area contributed by atoms with E-state index in [2.05, 4.69) is 10.9 Å². The maximum atomic E-state index is 12.9. The number of benzene rings is 1. The number of pyridine rings is 1. The fourth-order valence-electron chi connectivity index (χ4n) is 2.37. The van der Waals surface area contributed by atoms with Gasteiger partial charge in [-0.05, 0) is 30.3 Å². The number of aromatic nitrogens is 1. The zero-order valence-electron chi connectivity index (χ0n) is 13.8. The molecular formula is C18H14F3N3O3. The zero-order valence-corrected chi connectivity index (χ0v) is 13.8. The van der Waals surface area contributed by atoms with E-state index < -0.39 is 17.6 Å². The molecule has 1 amide bonds. The van der Waals surface area contributed by atoms with Crippen molar-refractivity contribution in [3.8, 4) is 0 Å². The second-order valence-corrected chi connectivity index (χ2v) is 5.56. The molecule has 0 aliphatic rings. The normalized spacial score (nSPS) is 11.2. The third kappa shape index (κ3) is 4.38. The number of alkyl halides is 3. The Morgan fingerprint density at radius 3 is 2.52 bits per heavy atom. The van der Waals surface area contributed by atoms with E-state index in [4.69, 9.17) is 4.42 Å². The van der Waals surface area contributed by atoms with Crippen molar-refractivity contribution in [3.05, 3.63) is 88.2 Å². The topological polar surface area (TPSA) is 76.3 Å². The summed E-state index contributed by atoms with van der Waals surface area (Å²) in [6.45, 7) is 0.122. The molecule has 0 saturated carbocycles. The molecule has 2 heterocycles. The van der Waals surface area contributed by atoms with E-state index >= 15 is 0 Å². The maximum Gasteiger partial charge on any atom is 0.418 e. The van der Waals surface area contributed by atoms with Gasteiger partial charge in [-0.1, -0.05) is 18.2 Å². The van der Waals surface area contributed by atoms with Gasteiger partial charge in [0.05, 0.1) is 17.8 Å². The highest BCUT2D eigenvalue weighted by Gasteiger charge is 2.33. The van der Waals surface area contributed by atoms with Gasteiger partial charge in [-0.15, -0.1) is 0 Å². The van der Waals surface area contributed by atoms with Gasteiger partial charge in [0.1, 0.15) is 5.76 Å². The van der Waals surface area contributed by atoms with Gasteiger partial charge in [-0.25, -0.2) is 0 Å². The summed E-state index contributed by atoms with van der Waals surface area (Å²) < 4.78 is 45.6. The summed E-state index contributed by atoms with van der Waals surface area (Å²) >= 11 is 0. The standard InChI is InChI=1S/C18H14F3N3O3/c19-18(20,21)13-5-1-2-6-14(13)22-23-17(26)15-9-8-12(27-15)11-24-10-4-3-7-16(24)25/h1-10,22H,11H2,(H,23,26). The van der Waals surface area contributed by atoms with Crippen molar-refractivity contribution in [1.82, 2.24) is 9.99 Å². The van der Waals surface area contributed by atoms with Crippen LogP contribution < -0.4 is 16.4 Å². The number of nitrogens with one attached hydrogen (secondary N) is 2. The van der Waals surface area contributed by atoms with Crippen LogP contribution in [0, 0.1) is 0 Å². The number of hydrogen-bond acceptors (Lipinski definition) is 4. The van der Waals surface area contributed by atoms with Crippen molar-refractivity contribution in [3.63, 3.8) is 0 Å². The molecule has 0 aliphatic carbocycles. The first-order chi connectivity index (χ1) is 12.8. The lowest BCUT2D eigenvalue weighted by atomic mass is 10.2. The number of carbonyl (C=O) groups is 1. The van der Waals surface area contributed by atoms with Crippen molar-refractivity contribution in [2.24, 2.45) is 0 Å². The number of furan rings is 1. The Labute approximate surface area is 151 Å². The molecule has 0 fully saturated rings. The summed E-state index contributed by atoms with van der Waals surface area (Å²) in [6.07, 6.45) is -2.99. The second kappa shape index (κ2) is 7.40. The summed E-state index contributed by atoms with van der Waals surface area (Å²) in [5, 5.41) is 0. The van der Waals surface area contributed by atoms with Crippen molar-refractivity contribution in [1.29, 1.82) is 0 Å². The minimum absolute atomic E-state index is 0.106. The fraction of sp³-hybridized carbons (Fsp3) is 0.111. The van der Waals surface area contributed by atoms with Crippen LogP contribution in [0.4, 0.5) is 18.9 Å². The Morgan fingerprint density at radius 2 is 1.78 bits per heavy atom. The molecule has 0 spiro atoms. The van der Waals surface area contributed by atoms with Gasteiger partial charge in [-0.3, -0.25) is 20.4 Å². The Kier molecular flexibility index (Phi) is 5.02. The third-order valence-corrected chi connectivity index (χ3v) is 3.65. The van der Waals surface area contributed by atoms with E-state index in [0.29, 0.717) is 5.76 Å². The predicted molar refractivity (Wildman–Crippen MR) is 91.0 cm³/mol. The first-order valence-electron chi connectivity index (χ1n) is 7.81. The van der Waals surface area contributed by atoms with E-state index in [-0.39, 0.29) is 23.6 Å². The number of carbonyl (C=O) groups excluding carboxylic acids is 1. The van der Waals surface area contributed by atoms with E-state index in [9.17, 15) is 22.8 Å². The maximum absolute atomic E-state index is 12.9. The minimum Gasteiger partial charge on any atom is -0.454 e. The summed E-state index contributed by atoms with van der Waals surface area (Å²) in [7, 11) is 0. The molecule has 9 heteroatoms. The largest absolute Gasteiger partial charge is 0.454 e. The fourth-order valence-corrected chi connectivity index (χ4v) is 2.37. The highest BCUT2D eigenvalue weighted by atomic mass is 19.4. The average molecular weight is 377 g/mol. The van der Waals surface area contributed by atoms with E-state index in [1.807, 2.05) is 0 Å². The van der Waals surface area contributed by atoms with Crippen molar-refractivity contribution < 1.29 is 22.4 Å². The van der Waals surface area contributed by atoms with Gasteiger partial charge >= 0.3 is 12.1 Å². The summed E-state index contributed by atoms with van der Waals surface area (Å²) in [5.74, 6) is -0.506. The molecule has 0 bridgehead atoms. The molecule has 140 valence electrons. The van der Waals surface area contributed by atoms with Gasteiger partial charge in [0.25, 0.3) is 5.56 Å². The molecule has 2 aromatic heterocycles. The highest BCUT2D eigenvalue weighted by molar-refractivity contribution is 5.92. The highest BCUT2D eigenvalue weighted by Crippen LogP contribution is 2.34. The lowest BCUT2D eigenvalue weighted by molar-refractivity contribution is -0.137. The number of hydrogen-bond donors (Lipinski definition) is 2. The van der Waals surface area contributed by atoms with Crippen LogP contribution in [0.1, 0.15) is 21.9 Å². The molecular weight excluding hydrogens is 363 g/mol. The predicted octanol–water partition coefficient (Wildman–Crippen LogP) is 3.27. The SMILES string of the molecule is O=C(NNc1ccccc1C(F)(F)F)c1ccc(Cn2ccccc2=O)o1. The molecule has 1 aromatic carbocycles. The number of nitrogens with zero attached hydrogens (tertiary/aromatic N) is 1. The summed E-state index contributed by atoms with van der Waals surface area (Å²) in [5.41, 5.74) is 2.99. The minimum atomic E-state index is -4.56. The monoisotopic (exact) mass is 377 g/mol. The van der Waals surface area contributed by atoms with E-state index in [0.717, 1.165) is 6.07 Å². The molecule has 0 saturated heterocycles. The van der Waals surface area contributed by atoms with Crippen LogP contribution in [0.15, 0.2) is 70.0 Å². The molecule has 0 aliphatic heterocycles. The van der Waals surface area contributed by atoms with Crippen LogP contribution >= 0.6 is 0 Å². The number of halogens is 3. The summed E-state index contributed by atoms with van der Waals surface area (Å²) in [4.78, 5) is 23.8. The molecule has 0 radical (unpaired) electrons. The van der Waals surface area contributed by atoms with Crippen molar-refractivity contribution in [2.75, 3.05) is 5.43 Å². The van der Waals surface area contributed by atoms with Gasteiger partial charge in [0.15, 0.2) is 5.76 Å². The number of anilines is 1. The molecule has 6 nitrogen and oxygen atoms in total. The Balaban J connectivity index is 1.67. The third-order valence-electron chi connectivity index (χ3n) is 3.65. The van der Waals surface area contributed by atoms with Gasteiger partial charge in [0.2, 0.25) is 0 Å². The van der Waals surface area contributed by atoms with Crippen LogP contribution in [0.2, 0.25) is 0 Å².